The predicted octanol–water partition coefficient (Wildman–Crippen LogP) is 0.191. The Kier molecular flexibility index (Phi) is 2.21. The standard InChI is InChI=1S/C8H15N3O/c1-8(2,12)7(9)6-4-5-10-11(6)3/h4-5,7,12H,9H2,1-3H3. The minimum atomic E-state index is -0.909. The van der Waals surface area contributed by atoms with Gasteiger partial charge in [-0.2, -0.15) is 5.10 Å². The van der Waals surface area contributed by atoms with Crippen LogP contribution in [0.4, 0.5) is 0 Å². The van der Waals surface area contributed by atoms with Crippen molar-refractivity contribution in [1.29, 1.82) is 0 Å². The molecule has 12 heavy (non-hydrogen) atoms. The second kappa shape index (κ2) is 2.88. The van der Waals surface area contributed by atoms with Gasteiger partial charge in [0.1, 0.15) is 0 Å². The molecule has 1 rings (SSSR count). The molecule has 1 aromatic rings. The zero-order valence-corrected chi connectivity index (χ0v) is 7.65. The summed E-state index contributed by atoms with van der Waals surface area (Å²) in [4.78, 5) is 0. The van der Waals surface area contributed by atoms with Crippen LogP contribution in [0.2, 0.25) is 0 Å². The fraction of sp³-hybridized carbons (Fsp3) is 0.625. The normalized spacial score (nSPS) is 14.8. The van der Waals surface area contributed by atoms with Crippen LogP contribution >= 0.6 is 0 Å². The van der Waals surface area contributed by atoms with Gasteiger partial charge in [-0.3, -0.25) is 4.68 Å². The first-order chi connectivity index (χ1) is 5.43. The highest BCUT2D eigenvalue weighted by atomic mass is 16.3. The molecule has 0 amide bonds. The first-order valence-corrected chi connectivity index (χ1v) is 3.89. The quantitative estimate of drug-likeness (QED) is 0.664. The molecule has 68 valence electrons. The molecule has 4 nitrogen and oxygen atoms in total. The van der Waals surface area contributed by atoms with Gasteiger partial charge in [0.25, 0.3) is 0 Å². The highest BCUT2D eigenvalue weighted by molar-refractivity contribution is 5.09. The van der Waals surface area contributed by atoms with E-state index in [9.17, 15) is 5.11 Å². The largest absolute Gasteiger partial charge is 0.388 e. The molecule has 0 aliphatic heterocycles. The summed E-state index contributed by atoms with van der Waals surface area (Å²) in [5.41, 5.74) is 5.73. The second-order valence-corrected chi connectivity index (χ2v) is 3.51. The number of hydrogen-bond acceptors (Lipinski definition) is 3. The average Bonchev–Trinajstić information content (AvgIpc) is 2.31. The SMILES string of the molecule is Cn1nccc1C(N)C(C)(C)O. The number of aliphatic hydroxyl groups is 1. The topological polar surface area (TPSA) is 64.1 Å². The first-order valence-electron chi connectivity index (χ1n) is 3.89. The van der Waals surface area contributed by atoms with E-state index in [1.165, 1.54) is 0 Å². The van der Waals surface area contributed by atoms with Crippen LogP contribution in [0.25, 0.3) is 0 Å². The molecular formula is C8H15N3O. The Morgan fingerprint density at radius 2 is 2.25 bits per heavy atom. The Morgan fingerprint density at radius 1 is 1.67 bits per heavy atom. The maximum atomic E-state index is 9.62. The van der Waals surface area contributed by atoms with Gasteiger partial charge >= 0.3 is 0 Å². The van der Waals surface area contributed by atoms with Crippen LogP contribution in [-0.2, 0) is 7.05 Å². The summed E-state index contributed by atoms with van der Waals surface area (Å²) in [6, 6.07) is 1.41. The van der Waals surface area contributed by atoms with E-state index in [-0.39, 0.29) is 0 Å². The Morgan fingerprint density at radius 3 is 2.58 bits per heavy atom. The number of rotatable bonds is 2. The van der Waals surface area contributed by atoms with Gasteiger partial charge in [-0.15, -0.1) is 0 Å². The maximum absolute atomic E-state index is 9.62. The van der Waals surface area contributed by atoms with E-state index in [1.807, 2.05) is 6.07 Å². The average molecular weight is 169 g/mol. The summed E-state index contributed by atoms with van der Waals surface area (Å²) >= 11 is 0. The van der Waals surface area contributed by atoms with Crippen molar-refractivity contribution in [1.82, 2.24) is 9.78 Å². The van der Waals surface area contributed by atoms with Crippen molar-refractivity contribution in [2.24, 2.45) is 12.8 Å². The summed E-state index contributed by atoms with van der Waals surface area (Å²) in [6.45, 7) is 3.37. The molecule has 0 aliphatic carbocycles. The van der Waals surface area contributed by atoms with Gasteiger partial charge in [0.2, 0.25) is 0 Å². The number of aromatic nitrogens is 2. The van der Waals surface area contributed by atoms with Crippen molar-refractivity contribution >= 4 is 0 Å². The van der Waals surface area contributed by atoms with Crippen LogP contribution in [0.1, 0.15) is 25.6 Å². The van der Waals surface area contributed by atoms with Gasteiger partial charge in [0.15, 0.2) is 0 Å². The molecule has 0 aliphatic rings. The van der Waals surface area contributed by atoms with Crippen molar-refractivity contribution in [3.63, 3.8) is 0 Å². The highest BCUT2D eigenvalue weighted by Gasteiger charge is 2.26. The molecule has 4 heteroatoms. The lowest BCUT2D eigenvalue weighted by molar-refractivity contribution is 0.0490. The van der Waals surface area contributed by atoms with Gasteiger partial charge in [-0.05, 0) is 19.9 Å². The molecule has 0 saturated heterocycles. The third-order valence-corrected chi connectivity index (χ3v) is 1.94. The molecule has 1 unspecified atom stereocenters. The van der Waals surface area contributed by atoms with Crippen LogP contribution in [0.3, 0.4) is 0 Å². The van der Waals surface area contributed by atoms with E-state index in [1.54, 1.807) is 31.8 Å². The number of nitrogens with two attached hydrogens (primary N) is 1. The minimum absolute atomic E-state index is 0.398. The highest BCUT2D eigenvalue weighted by Crippen LogP contribution is 2.21. The van der Waals surface area contributed by atoms with Crippen molar-refractivity contribution in [2.75, 3.05) is 0 Å². The monoisotopic (exact) mass is 169 g/mol. The van der Waals surface area contributed by atoms with E-state index in [0.29, 0.717) is 0 Å². The predicted molar refractivity (Wildman–Crippen MR) is 46.4 cm³/mol. The molecule has 0 fully saturated rings. The Labute approximate surface area is 72.0 Å². The summed E-state index contributed by atoms with van der Waals surface area (Å²) in [7, 11) is 1.81. The maximum Gasteiger partial charge on any atom is 0.0798 e. The molecule has 1 atom stereocenters. The van der Waals surface area contributed by atoms with Crippen LogP contribution in [-0.4, -0.2) is 20.5 Å². The molecule has 0 bridgehead atoms. The zero-order valence-electron chi connectivity index (χ0n) is 7.65. The van der Waals surface area contributed by atoms with Gasteiger partial charge in [0.05, 0.1) is 17.3 Å². The Balaban J connectivity index is 2.92. The molecular weight excluding hydrogens is 154 g/mol. The van der Waals surface area contributed by atoms with Crippen molar-refractivity contribution in [2.45, 2.75) is 25.5 Å². The Bertz CT molecular complexity index is 262. The van der Waals surface area contributed by atoms with Gasteiger partial charge in [0, 0.05) is 13.2 Å². The Hall–Kier alpha value is -0.870. The number of hydrogen-bond donors (Lipinski definition) is 2. The van der Waals surface area contributed by atoms with Crippen molar-refractivity contribution < 1.29 is 5.11 Å². The van der Waals surface area contributed by atoms with Gasteiger partial charge in [-0.25, -0.2) is 0 Å². The molecule has 3 N–H and O–H groups in total. The summed E-state index contributed by atoms with van der Waals surface area (Å²) in [5.74, 6) is 0. The number of nitrogens with zero attached hydrogens (tertiary/aromatic N) is 2. The van der Waals surface area contributed by atoms with Crippen LogP contribution in [0, 0.1) is 0 Å². The zero-order chi connectivity index (χ0) is 9.35. The fourth-order valence-corrected chi connectivity index (χ4v) is 1.05. The van der Waals surface area contributed by atoms with Crippen LogP contribution in [0.5, 0.6) is 0 Å². The van der Waals surface area contributed by atoms with E-state index < -0.39 is 11.6 Å². The fourth-order valence-electron chi connectivity index (χ4n) is 1.05. The minimum Gasteiger partial charge on any atom is -0.388 e. The van der Waals surface area contributed by atoms with Gasteiger partial charge < -0.3 is 10.8 Å². The lowest BCUT2D eigenvalue weighted by Gasteiger charge is -2.25. The number of aryl methyl sites for hydroxylation is 1. The molecule has 0 spiro atoms. The molecule has 1 aromatic heterocycles. The van der Waals surface area contributed by atoms with E-state index in [2.05, 4.69) is 5.10 Å². The van der Waals surface area contributed by atoms with E-state index in [4.69, 9.17) is 5.73 Å². The smallest absolute Gasteiger partial charge is 0.0798 e. The molecule has 0 aromatic carbocycles. The summed E-state index contributed by atoms with van der Waals surface area (Å²) in [5, 5.41) is 13.6. The third-order valence-electron chi connectivity index (χ3n) is 1.94. The third kappa shape index (κ3) is 1.65. The molecule has 1 heterocycles. The molecule has 0 radical (unpaired) electrons. The lowest BCUT2D eigenvalue weighted by atomic mass is 9.97. The summed E-state index contributed by atoms with van der Waals surface area (Å²) in [6.07, 6.45) is 1.67. The van der Waals surface area contributed by atoms with E-state index >= 15 is 0 Å². The lowest BCUT2D eigenvalue weighted by Crippen LogP contribution is -2.36. The van der Waals surface area contributed by atoms with Crippen molar-refractivity contribution in [3.05, 3.63) is 18.0 Å². The first kappa shape index (κ1) is 9.22. The molecule has 0 saturated carbocycles. The van der Waals surface area contributed by atoms with Crippen LogP contribution in [0.15, 0.2) is 12.3 Å². The van der Waals surface area contributed by atoms with E-state index in [0.717, 1.165) is 5.69 Å². The van der Waals surface area contributed by atoms with Crippen LogP contribution < -0.4 is 5.73 Å². The van der Waals surface area contributed by atoms with Gasteiger partial charge in [-0.1, -0.05) is 0 Å². The summed E-state index contributed by atoms with van der Waals surface area (Å²) < 4.78 is 1.67. The van der Waals surface area contributed by atoms with Crippen molar-refractivity contribution in [3.8, 4) is 0 Å². The second-order valence-electron chi connectivity index (χ2n) is 3.51.